The lowest BCUT2D eigenvalue weighted by atomic mass is 9.97. The van der Waals surface area contributed by atoms with Gasteiger partial charge in [-0.1, -0.05) is 0 Å². The van der Waals surface area contributed by atoms with Gasteiger partial charge in [0.2, 0.25) is 0 Å². The maximum atomic E-state index is 10.9. The van der Waals surface area contributed by atoms with Crippen molar-refractivity contribution in [2.45, 2.75) is 25.4 Å². The van der Waals surface area contributed by atoms with Crippen molar-refractivity contribution in [3.8, 4) is 0 Å². The maximum absolute atomic E-state index is 10.9. The number of carbonyl (C=O) groups excluding carboxylic acids is 1. The molecule has 0 bridgehead atoms. The average molecular weight is 244 g/mol. The molecule has 1 fully saturated rings. The molecule has 1 atom stereocenters. The van der Waals surface area contributed by atoms with Crippen molar-refractivity contribution in [3.63, 3.8) is 0 Å². The first kappa shape index (κ1) is 14.4. The molecule has 5 heteroatoms. The van der Waals surface area contributed by atoms with Gasteiger partial charge in [-0.3, -0.25) is 4.79 Å². The van der Waals surface area contributed by atoms with Gasteiger partial charge in [-0.05, 0) is 45.4 Å². The van der Waals surface area contributed by atoms with Crippen molar-refractivity contribution in [1.82, 2.24) is 10.2 Å². The Morgan fingerprint density at radius 3 is 2.76 bits per heavy atom. The van der Waals surface area contributed by atoms with Crippen molar-refractivity contribution in [2.24, 2.45) is 5.92 Å². The molecule has 1 aliphatic rings. The van der Waals surface area contributed by atoms with Crippen LogP contribution in [0.15, 0.2) is 0 Å². The molecule has 1 heterocycles. The molecule has 0 aromatic carbocycles. The smallest absolute Gasteiger partial charge is 0.308 e. The van der Waals surface area contributed by atoms with E-state index in [1.807, 2.05) is 0 Å². The van der Waals surface area contributed by atoms with Gasteiger partial charge in [-0.2, -0.15) is 0 Å². The molecule has 0 spiro atoms. The van der Waals surface area contributed by atoms with Gasteiger partial charge in [0.1, 0.15) is 0 Å². The molecule has 1 aliphatic heterocycles. The summed E-state index contributed by atoms with van der Waals surface area (Å²) in [5, 5.41) is 12.8. The molecule has 17 heavy (non-hydrogen) atoms. The molecule has 0 amide bonds. The number of hydrogen-bond acceptors (Lipinski definition) is 5. The van der Waals surface area contributed by atoms with E-state index >= 15 is 0 Å². The second kappa shape index (κ2) is 7.63. The predicted octanol–water partition coefficient (Wildman–Crippen LogP) is -0.158. The maximum Gasteiger partial charge on any atom is 0.308 e. The lowest BCUT2D eigenvalue weighted by Crippen LogP contribution is -2.37. The Morgan fingerprint density at radius 1 is 1.53 bits per heavy atom. The van der Waals surface area contributed by atoms with Gasteiger partial charge < -0.3 is 20.1 Å². The summed E-state index contributed by atoms with van der Waals surface area (Å²) in [7, 11) is 3.48. The summed E-state index contributed by atoms with van der Waals surface area (Å²) in [5.74, 6) is 0.329. The lowest BCUT2D eigenvalue weighted by Gasteiger charge is -2.29. The number of hydrogen-bond donors (Lipinski definition) is 2. The number of likely N-dealkylation sites (tertiary alicyclic amines) is 1. The molecule has 5 nitrogen and oxygen atoms in total. The van der Waals surface area contributed by atoms with Crippen LogP contribution in [0, 0.1) is 5.92 Å². The number of piperidine rings is 1. The molecule has 0 aromatic rings. The van der Waals surface area contributed by atoms with E-state index < -0.39 is 6.10 Å². The van der Waals surface area contributed by atoms with Crippen LogP contribution in [0.2, 0.25) is 0 Å². The van der Waals surface area contributed by atoms with E-state index in [4.69, 9.17) is 0 Å². The van der Waals surface area contributed by atoms with Crippen LogP contribution < -0.4 is 5.32 Å². The van der Waals surface area contributed by atoms with E-state index in [1.54, 1.807) is 0 Å². The highest BCUT2D eigenvalue weighted by Crippen LogP contribution is 2.14. The Hall–Kier alpha value is -0.650. The number of nitrogens with zero attached hydrogens (tertiary/aromatic N) is 1. The summed E-state index contributed by atoms with van der Waals surface area (Å²) in [5.41, 5.74) is 0. The van der Waals surface area contributed by atoms with Crippen molar-refractivity contribution in [1.29, 1.82) is 0 Å². The van der Waals surface area contributed by atoms with Crippen molar-refractivity contribution in [3.05, 3.63) is 0 Å². The first-order valence-electron chi connectivity index (χ1n) is 6.26. The van der Waals surface area contributed by atoms with E-state index in [0.717, 1.165) is 19.6 Å². The van der Waals surface area contributed by atoms with Crippen LogP contribution in [0.1, 0.15) is 19.3 Å². The number of carbonyl (C=O) groups is 1. The van der Waals surface area contributed by atoms with Crippen LogP contribution in [0.3, 0.4) is 0 Å². The number of esters is 1. The third-order valence-electron chi connectivity index (χ3n) is 3.28. The molecular formula is C12H24N2O3. The first-order valence-corrected chi connectivity index (χ1v) is 6.26. The molecule has 0 saturated carbocycles. The van der Waals surface area contributed by atoms with E-state index in [1.165, 1.54) is 20.0 Å². The van der Waals surface area contributed by atoms with Crippen molar-refractivity contribution < 1.29 is 14.6 Å². The number of rotatable bonds is 6. The second-order valence-corrected chi connectivity index (χ2v) is 4.84. The van der Waals surface area contributed by atoms with Gasteiger partial charge in [0, 0.05) is 6.54 Å². The van der Waals surface area contributed by atoms with Crippen LogP contribution in [-0.2, 0) is 9.53 Å². The number of ether oxygens (including phenoxy) is 1. The number of aliphatic hydroxyl groups is 1. The first-order chi connectivity index (χ1) is 8.11. The summed E-state index contributed by atoms with van der Waals surface area (Å²) in [4.78, 5) is 13.2. The molecule has 0 aromatic heterocycles. The number of nitrogens with one attached hydrogen (secondary N) is 1. The van der Waals surface area contributed by atoms with E-state index in [0.29, 0.717) is 12.5 Å². The number of methoxy groups -OCH3 is 1. The van der Waals surface area contributed by atoms with Crippen LogP contribution in [-0.4, -0.2) is 62.4 Å². The Kier molecular flexibility index (Phi) is 6.47. The largest absolute Gasteiger partial charge is 0.469 e. The molecule has 1 unspecified atom stereocenters. The fourth-order valence-electron chi connectivity index (χ4n) is 2.07. The molecule has 0 radical (unpaired) electrons. The SMILES string of the molecule is COC(=O)CC(O)CNCC1CCN(C)CC1. The standard InChI is InChI=1S/C12H24N2O3/c1-14-5-3-10(4-6-14)8-13-9-11(15)7-12(16)17-2/h10-11,13,15H,3-9H2,1-2H3. The summed E-state index contributed by atoms with van der Waals surface area (Å²) in [6, 6.07) is 0. The van der Waals surface area contributed by atoms with Gasteiger partial charge in [-0.15, -0.1) is 0 Å². The average Bonchev–Trinajstić information content (AvgIpc) is 2.31. The molecule has 0 aliphatic carbocycles. The Morgan fingerprint density at radius 2 is 2.18 bits per heavy atom. The fraction of sp³-hybridized carbons (Fsp3) is 0.917. The number of aliphatic hydroxyl groups excluding tert-OH is 1. The van der Waals surface area contributed by atoms with Crippen LogP contribution >= 0.6 is 0 Å². The van der Waals surface area contributed by atoms with Crippen molar-refractivity contribution in [2.75, 3.05) is 40.3 Å². The Labute approximate surface area is 103 Å². The highest BCUT2D eigenvalue weighted by molar-refractivity contribution is 5.69. The molecule has 2 N–H and O–H groups in total. The quantitative estimate of drug-likeness (QED) is 0.636. The minimum Gasteiger partial charge on any atom is -0.469 e. The molecule has 100 valence electrons. The third-order valence-corrected chi connectivity index (χ3v) is 3.28. The second-order valence-electron chi connectivity index (χ2n) is 4.84. The van der Waals surface area contributed by atoms with Crippen LogP contribution in [0.4, 0.5) is 0 Å². The third kappa shape index (κ3) is 6.00. The van der Waals surface area contributed by atoms with E-state index in [9.17, 15) is 9.90 Å². The zero-order valence-corrected chi connectivity index (χ0v) is 10.8. The summed E-state index contributed by atoms with van der Waals surface area (Å²) in [6.07, 6.45) is 1.83. The molecule has 1 saturated heterocycles. The minimum absolute atomic E-state index is 0.0664. The van der Waals surface area contributed by atoms with Gasteiger partial charge in [0.05, 0.1) is 19.6 Å². The highest BCUT2D eigenvalue weighted by atomic mass is 16.5. The topological polar surface area (TPSA) is 61.8 Å². The highest BCUT2D eigenvalue weighted by Gasteiger charge is 2.17. The fourth-order valence-corrected chi connectivity index (χ4v) is 2.07. The van der Waals surface area contributed by atoms with Gasteiger partial charge in [-0.25, -0.2) is 0 Å². The summed E-state index contributed by atoms with van der Waals surface area (Å²) in [6.45, 7) is 3.68. The minimum atomic E-state index is -0.645. The van der Waals surface area contributed by atoms with E-state index in [2.05, 4.69) is 22.0 Å². The van der Waals surface area contributed by atoms with Crippen LogP contribution in [0.5, 0.6) is 0 Å². The molecular weight excluding hydrogens is 220 g/mol. The van der Waals surface area contributed by atoms with E-state index in [-0.39, 0.29) is 12.4 Å². The summed E-state index contributed by atoms with van der Waals surface area (Å²) >= 11 is 0. The predicted molar refractivity (Wildman–Crippen MR) is 65.7 cm³/mol. The monoisotopic (exact) mass is 244 g/mol. The van der Waals surface area contributed by atoms with Crippen LogP contribution in [0.25, 0.3) is 0 Å². The summed E-state index contributed by atoms with van der Waals surface area (Å²) < 4.78 is 4.50. The Bertz CT molecular complexity index is 228. The Balaban J connectivity index is 2.05. The van der Waals surface area contributed by atoms with Crippen molar-refractivity contribution >= 4 is 5.97 Å². The van der Waals surface area contributed by atoms with Gasteiger partial charge >= 0.3 is 5.97 Å². The van der Waals surface area contributed by atoms with Gasteiger partial charge in [0.15, 0.2) is 0 Å². The molecule has 1 rings (SSSR count). The zero-order chi connectivity index (χ0) is 12.7. The zero-order valence-electron chi connectivity index (χ0n) is 10.8. The van der Waals surface area contributed by atoms with Gasteiger partial charge in [0.25, 0.3) is 0 Å². The lowest BCUT2D eigenvalue weighted by molar-refractivity contribution is -0.142. The normalized spacial score (nSPS) is 20.2.